The summed E-state index contributed by atoms with van der Waals surface area (Å²) in [5.41, 5.74) is 2.98. The van der Waals surface area contributed by atoms with Crippen LogP contribution in [-0.4, -0.2) is 9.97 Å². The van der Waals surface area contributed by atoms with E-state index >= 15 is 0 Å². The maximum atomic E-state index is 5.79. The number of hydrogen-bond donors (Lipinski definition) is 0. The van der Waals surface area contributed by atoms with Gasteiger partial charge in [-0.05, 0) is 24.3 Å². The Bertz CT molecular complexity index is 702. The van der Waals surface area contributed by atoms with Crippen molar-refractivity contribution >= 4 is 0 Å². The Labute approximate surface area is 118 Å². The Balaban J connectivity index is 1.99. The number of rotatable bonds is 3. The molecule has 0 fully saturated rings. The van der Waals surface area contributed by atoms with Gasteiger partial charge in [0, 0.05) is 23.2 Å². The lowest BCUT2D eigenvalue weighted by atomic mass is 10.1. The highest BCUT2D eigenvalue weighted by Gasteiger charge is 2.10. The molecule has 2 aromatic heterocycles. The van der Waals surface area contributed by atoms with Crippen LogP contribution in [0, 0.1) is 0 Å². The third-order valence-corrected chi connectivity index (χ3v) is 3.16. The molecule has 1 aromatic carbocycles. The Morgan fingerprint density at radius 1 is 0.950 bits per heavy atom. The Morgan fingerprint density at radius 2 is 1.80 bits per heavy atom. The molecule has 0 amide bonds. The maximum Gasteiger partial charge on any atom is 0.226 e. The molecule has 3 rings (SSSR count). The minimum Gasteiger partial charge on any atom is -0.441 e. The molecule has 0 spiro atoms. The SMILES string of the molecule is CC(C)c1cnc(-c2cccc(-c3ccccn3)c2)o1. The van der Waals surface area contributed by atoms with Gasteiger partial charge in [-0.2, -0.15) is 0 Å². The summed E-state index contributed by atoms with van der Waals surface area (Å²) < 4.78 is 5.79. The molecule has 0 saturated heterocycles. The smallest absolute Gasteiger partial charge is 0.226 e. The van der Waals surface area contributed by atoms with Crippen LogP contribution in [0.1, 0.15) is 25.5 Å². The number of benzene rings is 1. The number of pyridine rings is 1. The van der Waals surface area contributed by atoms with E-state index in [9.17, 15) is 0 Å². The lowest BCUT2D eigenvalue weighted by molar-refractivity contribution is 0.495. The molecule has 0 aliphatic carbocycles. The van der Waals surface area contributed by atoms with Crippen LogP contribution in [0.15, 0.2) is 59.3 Å². The van der Waals surface area contributed by atoms with Crippen LogP contribution in [0.3, 0.4) is 0 Å². The molecule has 3 nitrogen and oxygen atoms in total. The summed E-state index contributed by atoms with van der Waals surface area (Å²) in [6, 6.07) is 14.0. The fraction of sp³-hybridized carbons (Fsp3) is 0.176. The van der Waals surface area contributed by atoms with Crippen LogP contribution in [0.2, 0.25) is 0 Å². The second-order valence-electron chi connectivity index (χ2n) is 5.02. The molecule has 0 N–H and O–H groups in total. The first-order valence-electron chi connectivity index (χ1n) is 6.71. The third kappa shape index (κ3) is 2.48. The number of oxazole rings is 1. The van der Waals surface area contributed by atoms with E-state index in [4.69, 9.17) is 4.42 Å². The predicted molar refractivity (Wildman–Crippen MR) is 79.3 cm³/mol. The van der Waals surface area contributed by atoms with E-state index in [1.165, 1.54) is 0 Å². The zero-order valence-corrected chi connectivity index (χ0v) is 11.6. The van der Waals surface area contributed by atoms with E-state index < -0.39 is 0 Å². The minimum absolute atomic E-state index is 0.343. The number of nitrogens with zero attached hydrogens (tertiary/aromatic N) is 2. The average molecular weight is 264 g/mol. The summed E-state index contributed by atoms with van der Waals surface area (Å²) >= 11 is 0. The van der Waals surface area contributed by atoms with Crippen molar-refractivity contribution in [2.75, 3.05) is 0 Å². The third-order valence-electron chi connectivity index (χ3n) is 3.16. The lowest BCUT2D eigenvalue weighted by Crippen LogP contribution is -1.84. The van der Waals surface area contributed by atoms with Crippen LogP contribution in [0.25, 0.3) is 22.7 Å². The van der Waals surface area contributed by atoms with Crippen LogP contribution in [0.4, 0.5) is 0 Å². The average Bonchev–Trinajstić information content (AvgIpc) is 2.98. The van der Waals surface area contributed by atoms with Crippen molar-refractivity contribution in [1.29, 1.82) is 0 Å². The second-order valence-corrected chi connectivity index (χ2v) is 5.02. The normalized spacial score (nSPS) is 10.9. The van der Waals surface area contributed by atoms with Gasteiger partial charge < -0.3 is 4.42 Å². The highest BCUT2D eigenvalue weighted by Crippen LogP contribution is 2.26. The first-order valence-corrected chi connectivity index (χ1v) is 6.71. The van der Waals surface area contributed by atoms with Gasteiger partial charge in [0.05, 0.1) is 11.9 Å². The van der Waals surface area contributed by atoms with E-state index in [0.717, 1.165) is 22.6 Å². The van der Waals surface area contributed by atoms with Gasteiger partial charge >= 0.3 is 0 Å². The first kappa shape index (κ1) is 12.6. The van der Waals surface area contributed by atoms with Crippen molar-refractivity contribution in [1.82, 2.24) is 9.97 Å². The quantitative estimate of drug-likeness (QED) is 0.697. The van der Waals surface area contributed by atoms with Crippen LogP contribution in [-0.2, 0) is 0 Å². The Hall–Kier alpha value is -2.42. The van der Waals surface area contributed by atoms with Crippen molar-refractivity contribution in [2.45, 2.75) is 19.8 Å². The summed E-state index contributed by atoms with van der Waals surface area (Å²) in [4.78, 5) is 8.72. The number of aromatic nitrogens is 2. The Kier molecular flexibility index (Phi) is 3.33. The highest BCUT2D eigenvalue weighted by atomic mass is 16.4. The van der Waals surface area contributed by atoms with Gasteiger partial charge in [0.2, 0.25) is 5.89 Å². The Morgan fingerprint density at radius 3 is 2.50 bits per heavy atom. The van der Waals surface area contributed by atoms with Gasteiger partial charge in [0.25, 0.3) is 0 Å². The standard InChI is InChI=1S/C17H16N2O/c1-12(2)16-11-19-17(20-16)14-7-5-6-13(10-14)15-8-3-4-9-18-15/h3-12H,1-2H3. The zero-order valence-electron chi connectivity index (χ0n) is 11.6. The van der Waals surface area contributed by atoms with Crippen molar-refractivity contribution < 1.29 is 4.42 Å². The fourth-order valence-electron chi connectivity index (χ4n) is 2.03. The molecule has 0 saturated carbocycles. The van der Waals surface area contributed by atoms with E-state index in [0.29, 0.717) is 11.8 Å². The summed E-state index contributed by atoms with van der Waals surface area (Å²) in [5.74, 6) is 1.91. The summed E-state index contributed by atoms with van der Waals surface area (Å²) in [6.45, 7) is 4.18. The van der Waals surface area contributed by atoms with Gasteiger partial charge in [-0.1, -0.05) is 32.0 Å². The highest BCUT2D eigenvalue weighted by molar-refractivity contribution is 5.67. The van der Waals surface area contributed by atoms with Crippen LogP contribution >= 0.6 is 0 Å². The fourth-order valence-corrected chi connectivity index (χ4v) is 2.03. The predicted octanol–water partition coefficient (Wildman–Crippen LogP) is 4.53. The molecular formula is C17H16N2O. The van der Waals surface area contributed by atoms with Gasteiger partial charge in [0.15, 0.2) is 0 Å². The van der Waals surface area contributed by atoms with Crippen LogP contribution in [0.5, 0.6) is 0 Å². The van der Waals surface area contributed by atoms with E-state index in [1.54, 1.807) is 12.4 Å². The van der Waals surface area contributed by atoms with Gasteiger partial charge in [-0.3, -0.25) is 4.98 Å². The van der Waals surface area contributed by atoms with Crippen molar-refractivity contribution in [3.8, 4) is 22.7 Å². The van der Waals surface area contributed by atoms with E-state index in [1.807, 2.05) is 36.4 Å². The van der Waals surface area contributed by atoms with E-state index in [2.05, 4.69) is 29.9 Å². The molecular weight excluding hydrogens is 248 g/mol. The van der Waals surface area contributed by atoms with Crippen molar-refractivity contribution in [3.63, 3.8) is 0 Å². The van der Waals surface area contributed by atoms with Gasteiger partial charge in [0.1, 0.15) is 5.76 Å². The summed E-state index contributed by atoms with van der Waals surface area (Å²) in [7, 11) is 0. The first-order chi connectivity index (χ1) is 9.74. The topological polar surface area (TPSA) is 38.9 Å². The molecule has 2 heterocycles. The lowest BCUT2D eigenvalue weighted by Gasteiger charge is -2.02. The maximum absolute atomic E-state index is 5.79. The molecule has 100 valence electrons. The molecule has 3 heteroatoms. The molecule has 0 aliphatic heterocycles. The van der Waals surface area contributed by atoms with Crippen molar-refractivity contribution in [3.05, 3.63) is 60.6 Å². The second kappa shape index (κ2) is 5.29. The van der Waals surface area contributed by atoms with Crippen molar-refractivity contribution in [2.24, 2.45) is 0 Å². The molecule has 0 aliphatic rings. The monoisotopic (exact) mass is 264 g/mol. The zero-order chi connectivity index (χ0) is 13.9. The number of hydrogen-bond acceptors (Lipinski definition) is 3. The van der Waals surface area contributed by atoms with Crippen LogP contribution < -0.4 is 0 Å². The molecule has 3 aromatic rings. The van der Waals surface area contributed by atoms with Gasteiger partial charge in [-0.15, -0.1) is 0 Å². The minimum atomic E-state index is 0.343. The summed E-state index contributed by atoms with van der Waals surface area (Å²) in [5, 5.41) is 0. The molecule has 0 radical (unpaired) electrons. The molecule has 0 atom stereocenters. The van der Waals surface area contributed by atoms with Gasteiger partial charge in [-0.25, -0.2) is 4.98 Å². The van der Waals surface area contributed by atoms with E-state index in [-0.39, 0.29) is 0 Å². The molecule has 0 bridgehead atoms. The largest absolute Gasteiger partial charge is 0.441 e. The molecule has 0 unspecified atom stereocenters. The molecule has 20 heavy (non-hydrogen) atoms. The summed E-state index contributed by atoms with van der Waals surface area (Å²) in [6.07, 6.45) is 3.59.